The van der Waals surface area contributed by atoms with Crippen molar-refractivity contribution < 1.29 is 4.79 Å². The van der Waals surface area contributed by atoms with Gasteiger partial charge in [-0.15, -0.1) is 12.4 Å². The zero-order chi connectivity index (χ0) is 18.3. The molecule has 0 radical (unpaired) electrons. The van der Waals surface area contributed by atoms with Crippen LogP contribution in [0.5, 0.6) is 0 Å². The summed E-state index contributed by atoms with van der Waals surface area (Å²) in [5.41, 5.74) is -0.577. The zero-order valence-corrected chi connectivity index (χ0v) is 16.1. The lowest BCUT2D eigenvalue weighted by Crippen LogP contribution is -2.49. The Morgan fingerprint density at radius 2 is 1.78 bits per heavy atom. The van der Waals surface area contributed by atoms with E-state index in [0.717, 1.165) is 12.8 Å². The van der Waals surface area contributed by atoms with Crippen molar-refractivity contribution in [1.82, 2.24) is 20.0 Å². The van der Waals surface area contributed by atoms with E-state index in [1.165, 1.54) is 17.5 Å². The number of carbonyl (C=O) groups is 1. The molecule has 2 N–H and O–H groups in total. The Balaban J connectivity index is 0.00000210. The van der Waals surface area contributed by atoms with Crippen LogP contribution in [0.15, 0.2) is 33.9 Å². The maximum Gasteiger partial charge on any atom is 0.273 e. The van der Waals surface area contributed by atoms with Crippen LogP contribution in [0.4, 0.5) is 0 Å². The number of aryl methyl sites for hydroxylation is 1. The number of aromatic amines is 1. The molecule has 0 saturated carbocycles. The molecule has 2 atom stereocenters. The molecular weight excluding hydrogens is 368 g/mol. The van der Waals surface area contributed by atoms with Crippen molar-refractivity contribution in [2.75, 3.05) is 7.05 Å². The fraction of sp³-hybridized carbons (Fsp3) is 0.526. The number of hydrogen-bond donors (Lipinski definition) is 2. The van der Waals surface area contributed by atoms with Gasteiger partial charge < -0.3 is 10.2 Å². The lowest BCUT2D eigenvalue weighted by atomic mass is 9.98. The third-order valence-corrected chi connectivity index (χ3v) is 5.82. The van der Waals surface area contributed by atoms with Crippen LogP contribution < -0.4 is 16.4 Å². The third kappa shape index (κ3) is 3.80. The van der Waals surface area contributed by atoms with Crippen molar-refractivity contribution >= 4 is 29.1 Å². The number of benzene rings is 1. The summed E-state index contributed by atoms with van der Waals surface area (Å²) in [6.45, 7) is 0.180. The molecule has 2 aliphatic heterocycles. The van der Waals surface area contributed by atoms with E-state index in [1.807, 2.05) is 11.9 Å². The number of halogens is 1. The predicted molar refractivity (Wildman–Crippen MR) is 106 cm³/mol. The van der Waals surface area contributed by atoms with E-state index in [2.05, 4.69) is 10.4 Å². The van der Waals surface area contributed by atoms with Gasteiger partial charge in [0.1, 0.15) is 0 Å². The molecule has 146 valence electrons. The molecule has 0 aliphatic carbocycles. The van der Waals surface area contributed by atoms with Crippen LogP contribution in [-0.2, 0) is 11.3 Å². The minimum absolute atomic E-state index is 0. The standard InChI is InChI=1S/C19H24N4O3.ClH/c1-22(14-10-12-6-7-13(11-14)20-12)17(24)8-9-23-19(26)16-5-3-2-4-15(16)18(25)21-23;/h2-5,12-14,20H,6-11H2,1H3,(H,21,25);1H. The van der Waals surface area contributed by atoms with E-state index in [1.54, 1.807) is 24.3 Å². The summed E-state index contributed by atoms with van der Waals surface area (Å²) in [6, 6.07) is 8.03. The zero-order valence-electron chi connectivity index (χ0n) is 15.3. The molecule has 2 fully saturated rings. The second-order valence-electron chi connectivity index (χ2n) is 7.46. The van der Waals surface area contributed by atoms with Crippen LogP contribution in [0.3, 0.4) is 0 Å². The number of H-pyrrole nitrogens is 1. The van der Waals surface area contributed by atoms with Crippen molar-refractivity contribution in [1.29, 1.82) is 0 Å². The molecule has 7 nitrogen and oxygen atoms in total. The molecule has 1 aromatic heterocycles. The molecule has 1 aromatic carbocycles. The van der Waals surface area contributed by atoms with Crippen molar-refractivity contribution in [3.05, 3.63) is 45.0 Å². The van der Waals surface area contributed by atoms with Crippen LogP contribution in [0.25, 0.3) is 10.8 Å². The molecule has 4 rings (SSSR count). The molecule has 1 amide bonds. The van der Waals surface area contributed by atoms with Gasteiger partial charge in [-0.2, -0.15) is 0 Å². The van der Waals surface area contributed by atoms with Gasteiger partial charge in [0.25, 0.3) is 11.1 Å². The number of fused-ring (bicyclic) bond motifs is 3. The summed E-state index contributed by atoms with van der Waals surface area (Å²) in [6.07, 6.45) is 4.56. The smallest absolute Gasteiger partial charge is 0.273 e. The highest BCUT2D eigenvalue weighted by Crippen LogP contribution is 2.29. The van der Waals surface area contributed by atoms with Gasteiger partial charge in [0.2, 0.25) is 5.91 Å². The predicted octanol–water partition coefficient (Wildman–Crippen LogP) is 1.24. The molecular formula is C19H25ClN4O3. The maximum absolute atomic E-state index is 12.6. The Morgan fingerprint density at radius 1 is 1.15 bits per heavy atom. The Morgan fingerprint density at radius 3 is 2.44 bits per heavy atom. The van der Waals surface area contributed by atoms with E-state index < -0.39 is 0 Å². The molecule has 2 unspecified atom stereocenters. The van der Waals surface area contributed by atoms with Gasteiger partial charge in [0, 0.05) is 31.6 Å². The van der Waals surface area contributed by atoms with Crippen molar-refractivity contribution in [3.8, 4) is 0 Å². The molecule has 27 heavy (non-hydrogen) atoms. The van der Waals surface area contributed by atoms with Crippen LogP contribution in [0.1, 0.15) is 32.1 Å². The fourth-order valence-electron chi connectivity index (χ4n) is 4.33. The van der Waals surface area contributed by atoms with E-state index in [9.17, 15) is 14.4 Å². The van der Waals surface area contributed by atoms with Gasteiger partial charge in [0.05, 0.1) is 17.3 Å². The molecule has 2 aliphatic rings. The van der Waals surface area contributed by atoms with Crippen LogP contribution >= 0.6 is 12.4 Å². The van der Waals surface area contributed by atoms with Crippen molar-refractivity contribution in [2.24, 2.45) is 0 Å². The number of piperidine rings is 1. The van der Waals surface area contributed by atoms with E-state index in [-0.39, 0.29) is 48.4 Å². The first kappa shape index (κ1) is 19.6. The van der Waals surface area contributed by atoms with Gasteiger partial charge in [0.15, 0.2) is 0 Å². The summed E-state index contributed by atoms with van der Waals surface area (Å²) < 4.78 is 1.25. The number of hydrogen-bond acceptors (Lipinski definition) is 4. The summed E-state index contributed by atoms with van der Waals surface area (Å²) in [5.74, 6) is 0.0113. The van der Waals surface area contributed by atoms with Gasteiger partial charge in [-0.3, -0.25) is 19.5 Å². The average Bonchev–Trinajstić information content (AvgIpc) is 3.00. The summed E-state index contributed by atoms with van der Waals surface area (Å²) in [5, 5.41) is 6.92. The molecule has 8 heteroatoms. The number of carbonyl (C=O) groups excluding carboxylic acids is 1. The molecule has 2 aromatic rings. The number of nitrogens with zero attached hydrogens (tertiary/aromatic N) is 2. The lowest BCUT2D eigenvalue weighted by Gasteiger charge is -2.35. The first-order chi connectivity index (χ1) is 12.5. The van der Waals surface area contributed by atoms with Crippen LogP contribution in [-0.4, -0.2) is 45.8 Å². The topological polar surface area (TPSA) is 87.2 Å². The molecule has 2 bridgehead atoms. The number of amides is 1. The molecule has 0 spiro atoms. The highest BCUT2D eigenvalue weighted by Gasteiger charge is 2.36. The Hall–Kier alpha value is -2.12. The molecule has 2 saturated heterocycles. The minimum atomic E-state index is -0.309. The van der Waals surface area contributed by atoms with Crippen molar-refractivity contribution in [2.45, 2.75) is 56.8 Å². The largest absolute Gasteiger partial charge is 0.343 e. The normalized spacial score (nSPS) is 23.8. The summed E-state index contributed by atoms with van der Waals surface area (Å²) >= 11 is 0. The SMILES string of the molecule is CN(C(=O)CCn1[nH]c(=O)c2ccccc2c1=O)C1CC2CCC(C1)N2.Cl. The van der Waals surface area contributed by atoms with E-state index in [0.29, 0.717) is 22.9 Å². The van der Waals surface area contributed by atoms with Gasteiger partial charge in [-0.05, 0) is 37.8 Å². The quantitative estimate of drug-likeness (QED) is 0.819. The second-order valence-corrected chi connectivity index (χ2v) is 7.46. The molecule has 3 heterocycles. The monoisotopic (exact) mass is 392 g/mol. The summed E-state index contributed by atoms with van der Waals surface area (Å²) in [7, 11) is 1.85. The highest BCUT2D eigenvalue weighted by molar-refractivity contribution is 5.85. The summed E-state index contributed by atoms with van der Waals surface area (Å²) in [4.78, 5) is 39.1. The van der Waals surface area contributed by atoms with Gasteiger partial charge in [-0.1, -0.05) is 12.1 Å². The Kier molecular flexibility index (Phi) is 5.72. The minimum Gasteiger partial charge on any atom is -0.343 e. The second kappa shape index (κ2) is 7.86. The maximum atomic E-state index is 12.6. The average molecular weight is 393 g/mol. The Labute approximate surface area is 163 Å². The van der Waals surface area contributed by atoms with Crippen LogP contribution in [0, 0.1) is 0 Å². The number of rotatable bonds is 4. The van der Waals surface area contributed by atoms with E-state index in [4.69, 9.17) is 0 Å². The third-order valence-electron chi connectivity index (χ3n) is 5.82. The highest BCUT2D eigenvalue weighted by atomic mass is 35.5. The first-order valence-electron chi connectivity index (χ1n) is 9.26. The Bertz CT molecular complexity index is 942. The van der Waals surface area contributed by atoms with Crippen molar-refractivity contribution in [3.63, 3.8) is 0 Å². The van der Waals surface area contributed by atoms with Gasteiger partial charge >= 0.3 is 0 Å². The first-order valence-corrected chi connectivity index (χ1v) is 9.26. The lowest BCUT2D eigenvalue weighted by molar-refractivity contribution is -0.133. The number of nitrogens with one attached hydrogen (secondary N) is 2. The van der Waals surface area contributed by atoms with Gasteiger partial charge in [-0.25, -0.2) is 4.68 Å². The number of aromatic nitrogens is 2. The fourth-order valence-corrected chi connectivity index (χ4v) is 4.33. The van der Waals surface area contributed by atoms with Crippen LogP contribution in [0.2, 0.25) is 0 Å². The van der Waals surface area contributed by atoms with E-state index >= 15 is 0 Å².